The summed E-state index contributed by atoms with van der Waals surface area (Å²) in [7, 11) is 1.97. The fourth-order valence-electron chi connectivity index (χ4n) is 2.00. The molecule has 0 aliphatic rings. The summed E-state index contributed by atoms with van der Waals surface area (Å²) in [6.45, 7) is 6.17. The van der Waals surface area contributed by atoms with Crippen LogP contribution in [-0.4, -0.2) is 17.0 Å². The number of rotatable bonds is 3. The minimum Gasteiger partial charge on any atom is -0.309 e. The highest BCUT2D eigenvalue weighted by molar-refractivity contribution is 7.11. The van der Waals surface area contributed by atoms with Crippen molar-refractivity contribution >= 4 is 11.3 Å². The van der Waals surface area contributed by atoms with E-state index in [-0.39, 0.29) is 6.04 Å². The van der Waals surface area contributed by atoms with Gasteiger partial charge in [-0.15, -0.1) is 11.3 Å². The number of aryl methyl sites for hydroxylation is 3. The Hall–Kier alpha value is -1.26. The molecule has 1 unspecified atom stereocenters. The SMILES string of the molecule is CNC(c1cncc(C)c1)c1sc(C)nc1C. The Bertz CT molecular complexity index is 519. The van der Waals surface area contributed by atoms with Crippen molar-refractivity contribution < 1.29 is 0 Å². The van der Waals surface area contributed by atoms with E-state index in [0.717, 1.165) is 10.7 Å². The van der Waals surface area contributed by atoms with Crippen LogP contribution in [0.1, 0.15) is 32.7 Å². The second-order valence-corrected chi connectivity index (χ2v) is 5.43. The summed E-state index contributed by atoms with van der Waals surface area (Å²) in [5.74, 6) is 0. The van der Waals surface area contributed by atoms with E-state index in [9.17, 15) is 0 Å². The number of nitrogens with one attached hydrogen (secondary N) is 1. The molecule has 0 spiro atoms. The molecule has 90 valence electrons. The highest BCUT2D eigenvalue weighted by Gasteiger charge is 2.18. The summed E-state index contributed by atoms with van der Waals surface area (Å²) < 4.78 is 0. The van der Waals surface area contributed by atoms with Crippen LogP contribution in [0.4, 0.5) is 0 Å². The Kier molecular flexibility index (Phi) is 3.54. The van der Waals surface area contributed by atoms with Gasteiger partial charge in [-0.3, -0.25) is 4.98 Å². The number of nitrogens with zero attached hydrogens (tertiary/aromatic N) is 2. The van der Waals surface area contributed by atoms with Gasteiger partial charge in [0.25, 0.3) is 0 Å². The molecule has 4 heteroatoms. The number of pyridine rings is 1. The lowest BCUT2D eigenvalue weighted by atomic mass is 10.1. The van der Waals surface area contributed by atoms with Crippen molar-refractivity contribution in [3.63, 3.8) is 0 Å². The molecule has 17 heavy (non-hydrogen) atoms. The molecule has 2 aromatic heterocycles. The molecule has 0 bridgehead atoms. The predicted molar refractivity (Wildman–Crippen MR) is 71.5 cm³/mol. The Morgan fingerprint density at radius 1 is 1.24 bits per heavy atom. The largest absolute Gasteiger partial charge is 0.309 e. The first-order valence-electron chi connectivity index (χ1n) is 5.64. The topological polar surface area (TPSA) is 37.8 Å². The number of hydrogen-bond acceptors (Lipinski definition) is 4. The first-order valence-corrected chi connectivity index (χ1v) is 6.46. The average Bonchev–Trinajstić information content (AvgIpc) is 2.59. The molecule has 0 fully saturated rings. The van der Waals surface area contributed by atoms with Crippen molar-refractivity contribution in [2.75, 3.05) is 7.05 Å². The summed E-state index contributed by atoms with van der Waals surface area (Å²) in [6.07, 6.45) is 3.80. The lowest BCUT2D eigenvalue weighted by Gasteiger charge is -2.15. The molecular formula is C13H17N3S. The Morgan fingerprint density at radius 2 is 2.00 bits per heavy atom. The smallest absolute Gasteiger partial charge is 0.0900 e. The lowest BCUT2D eigenvalue weighted by Crippen LogP contribution is -2.17. The van der Waals surface area contributed by atoms with Crippen LogP contribution in [0.15, 0.2) is 18.5 Å². The van der Waals surface area contributed by atoms with E-state index in [1.54, 1.807) is 11.3 Å². The van der Waals surface area contributed by atoms with Gasteiger partial charge in [-0.2, -0.15) is 0 Å². The third-order valence-electron chi connectivity index (χ3n) is 2.72. The van der Waals surface area contributed by atoms with E-state index in [4.69, 9.17) is 0 Å². The van der Waals surface area contributed by atoms with Crippen LogP contribution < -0.4 is 5.32 Å². The van der Waals surface area contributed by atoms with Crippen LogP contribution in [0.2, 0.25) is 0 Å². The van der Waals surface area contributed by atoms with Gasteiger partial charge in [0.1, 0.15) is 0 Å². The van der Waals surface area contributed by atoms with Gasteiger partial charge in [0, 0.05) is 17.3 Å². The molecule has 1 N–H and O–H groups in total. The molecule has 2 aromatic rings. The van der Waals surface area contributed by atoms with Crippen molar-refractivity contribution in [2.45, 2.75) is 26.8 Å². The molecule has 0 aromatic carbocycles. The molecule has 0 aliphatic heterocycles. The molecule has 0 radical (unpaired) electrons. The third-order valence-corrected chi connectivity index (χ3v) is 3.86. The molecule has 2 rings (SSSR count). The maximum atomic E-state index is 4.49. The summed E-state index contributed by atoms with van der Waals surface area (Å²) in [6, 6.07) is 2.36. The molecule has 0 amide bonds. The number of aromatic nitrogens is 2. The monoisotopic (exact) mass is 247 g/mol. The molecular weight excluding hydrogens is 230 g/mol. The summed E-state index contributed by atoms with van der Waals surface area (Å²) in [5.41, 5.74) is 3.48. The minimum absolute atomic E-state index is 0.189. The second-order valence-electron chi connectivity index (χ2n) is 4.20. The second kappa shape index (κ2) is 4.94. The van der Waals surface area contributed by atoms with Crippen LogP contribution in [0.5, 0.6) is 0 Å². The van der Waals surface area contributed by atoms with Gasteiger partial charge in [0.2, 0.25) is 0 Å². The van der Waals surface area contributed by atoms with Gasteiger partial charge < -0.3 is 5.32 Å². The van der Waals surface area contributed by atoms with Gasteiger partial charge in [0.05, 0.1) is 16.7 Å². The normalized spacial score (nSPS) is 12.7. The molecule has 3 nitrogen and oxygen atoms in total. The van der Waals surface area contributed by atoms with Crippen molar-refractivity contribution in [3.8, 4) is 0 Å². The van der Waals surface area contributed by atoms with E-state index in [2.05, 4.69) is 35.2 Å². The highest BCUT2D eigenvalue weighted by Crippen LogP contribution is 2.29. The Labute approximate surface area is 106 Å². The Morgan fingerprint density at radius 3 is 2.53 bits per heavy atom. The first-order chi connectivity index (χ1) is 8.11. The highest BCUT2D eigenvalue weighted by atomic mass is 32.1. The van der Waals surface area contributed by atoms with Gasteiger partial charge in [-0.05, 0) is 38.9 Å². The van der Waals surface area contributed by atoms with Crippen LogP contribution in [-0.2, 0) is 0 Å². The van der Waals surface area contributed by atoms with Crippen LogP contribution >= 0.6 is 11.3 Å². The number of thiazole rings is 1. The fourth-order valence-corrected chi connectivity index (χ4v) is 3.07. The van der Waals surface area contributed by atoms with E-state index < -0.39 is 0 Å². The van der Waals surface area contributed by atoms with E-state index >= 15 is 0 Å². The van der Waals surface area contributed by atoms with Gasteiger partial charge in [-0.25, -0.2) is 4.98 Å². The van der Waals surface area contributed by atoms with Crippen LogP contribution in [0.3, 0.4) is 0 Å². The summed E-state index contributed by atoms with van der Waals surface area (Å²) >= 11 is 1.75. The standard InChI is InChI=1S/C13H17N3S/c1-8-5-11(7-15-6-8)12(14-4)13-9(2)16-10(3)17-13/h5-7,12,14H,1-4H3. The van der Waals surface area contributed by atoms with Crippen molar-refractivity contribution in [3.05, 3.63) is 45.2 Å². The van der Waals surface area contributed by atoms with Crippen molar-refractivity contribution in [2.24, 2.45) is 0 Å². The van der Waals surface area contributed by atoms with E-state index in [0.29, 0.717) is 0 Å². The molecule has 1 atom stereocenters. The van der Waals surface area contributed by atoms with Gasteiger partial charge in [0.15, 0.2) is 0 Å². The zero-order valence-electron chi connectivity index (χ0n) is 10.6. The maximum absolute atomic E-state index is 4.49. The molecule has 0 saturated heterocycles. The average molecular weight is 247 g/mol. The zero-order valence-corrected chi connectivity index (χ0v) is 11.4. The quantitative estimate of drug-likeness (QED) is 0.906. The molecule has 0 aliphatic carbocycles. The minimum atomic E-state index is 0.189. The Balaban J connectivity index is 2.43. The van der Waals surface area contributed by atoms with E-state index in [1.165, 1.54) is 16.0 Å². The fraction of sp³-hybridized carbons (Fsp3) is 0.385. The maximum Gasteiger partial charge on any atom is 0.0900 e. The molecule has 0 saturated carbocycles. The predicted octanol–water partition coefficient (Wildman–Crippen LogP) is 2.77. The van der Waals surface area contributed by atoms with Crippen LogP contribution in [0, 0.1) is 20.8 Å². The summed E-state index contributed by atoms with van der Waals surface area (Å²) in [5, 5.41) is 4.46. The molecule has 2 heterocycles. The van der Waals surface area contributed by atoms with Gasteiger partial charge >= 0.3 is 0 Å². The lowest BCUT2D eigenvalue weighted by molar-refractivity contribution is 0.694. The third kappa shape index (κ3) is 2.53. The summed E-state index contributed by atoms with van der Waals surface area (Å²) in [4.78, 5) is 10.0. The first kappa shape index (κ1) is 12.2. The van der Waals surface area contributed by atoms with E-state index in [1.807, 2.05) is 26.4 Å². The van der Waals surface area contributed by atoms with Crippen LogP contribution in [0.25, 0.3) is 0 Å². The zero-order chi connectivity index (χ0) is 12.4. The van der Waals surface area contributed by atoms with Gasteiger partial charge in [-0.1, -0.05) is 6.07 Å². The number of hydrogen-bond donors (Lipinski definition) is 1. The van der Waals surface area contributed by atoms with Crippen molar-refractivity contribution in [1.29, 1.82) is 0 Å². The van der Waals surface area contributed by atoms with Crippen molar-refractivity contribution in [1.82, 2.24) is 15.3 Å².